The third-order valence-electron chi connectivity index (χ3n) is 9.13. The molecule has 4 aromatic heterocycles. The Morgan fingerprint density at radius 3 is 1.54 bits per heavy atom. The van der Waals surface area contributed by atoms with Gasteiger partial charge in [0.15, 0.2) is 22.7 Å². The van der Waals surface area contributed by atoms with Crippen molar-refractivity contribution < 1.29 is 4.79 Å². The number of nitrogens with zero attached hydrogens (tertiary/aromatic N) is 8. The molecule has 0 radical (unpaired) electrons. The van der Waals surface area contributed by atoms with Crippen molar-refractivity contribution in [3.05, 3.63) is 113 Å². The smallest absolute Gasteiger partial charge is 0.237 e. The van der Waals surface area contributed by atoms with Crippen LogP contribution in [0.15, 0.2) is 79.1 Å². The minimum atomic E-state index is -0.268. The number of halogens is 4. The first kappa shape index (κ1) is 30.2. The number of ketones is 1. The van der Waals surface area contributed by atoms with Crippen molar-refractivity contribution in [3.8, 4) is 0 Å². The second-order valence-corrected chi connectivity index (χ2v) is 15.4. The molecule has 0 saturated heterocycles. The van der Waals surface area contributed by atoms with Crippen LogP contribution in [-0.2, 0) is 12.8 Å². The van der Waals surface area contributed by atoms with Gasteiger partial charge < -0.3 is 9.80 Å². The largest absolute Gasteiger partial charge is 0.359 e. The van der Waals surface area contributed by atoms with Gasteiger partial charge in [-0.3, -0.25) is 4.79 Å². The molecular weight excluding hydrogens is 844 g/mol. The molecule has 0 spiro atoms. The lowest BCUT2D eigenvalue weighted by molar-refractivity contribution is 0.103. The maximum absolute atomic E-state index is 15.0. The molecule has 0 bridgehead atoms. The molecule has 0 amide bonds. The van der Waals surface area contributed by atoms with Gasteiger partial charge in [-0.1, -0.05) is 44.0 Å². The molecule has 9 nitrogen and oxygen atoms in total. The van der Waals surface area contributed by atoms with Gasteiger partial charge >= 0.3 is 0 Å². The van der Waals surface area contributed by atoms with E-state index in [1.54, 1.807) is 21.4 Å². The van der Waals surface area contributed by atoms with Gasteiger partial charge in [0.1, 0.15) is 11.4 Å². The molecule has 6 heterocycles. The van der Waals surface area contributed by atoms with Crippen molar-refractivity contribution in [3.63, 3.8) is 0 Å². The van der Waals surface area contributed by atoms with E-state index in [-0.39, 0.29) is 17.9 Å². The van der Waals surface area contributed by atoms with E-state index in [0.717, 1.165) is 30.7 Å². The molecule has 2 aliphatic rings. The first-order valence-electron chi connectivity index (χ1n) is 14.9. The lowest BCUT2D eigenvalue weighted by Crippen LogP contribution is -2.36. The maximum atomic E-state index is 15.0. The molecule has 13 heteroatoms. The van der Waals surface area contributed by atoms with E-state index < -0.39 is 0 Å². The number of carbonyl (C=O) groups excluding carboxylic acids is 1. The topological polar surface area (TPSA) is 83.9 Å². The molecule has 6 aromatic rings. The summed E-state index contributed by atoms with van der Waals surface area (Å²) in [6, 6.07) is 12.8. The molecular formula is C33H26Br4N8O. The standard InChI is InChI=1S/C33H26Br4N8O/c1-17-25-5-3-21(34)11-19(25)7-9-42(17)29-27(40-44-15-23(36)13-38-32(29)44)31(46)28-30(33-39-14-24(37)16-45(33)41-28)43-10-8-20-12-22(35)4-6-26(20)18(43)2/h3-6,11-18H,7-10H2,1-2H3. The normalized spacial score (nSPS) is 17.9. The summed E-state index contributed by atoms with van der Waals surface area (Å²) in [6.07, 6.45) is 8.84. The Morgan fingerprint density at radius 1 is 0.674 bits per heavy atom. The van der Waals surface area contributed by atoms with Crippen LogP contribution in [0.5, 0.6) is 0 Å². The molecule has 232 valence electrons. The second kappa shape index (κ2) is 11.5. The van der Waals surface area contributed by atoms with Crippen molar-refractivity contribution >= 4 is 92.2 Å². The Morgan fingerprint density at radius 2 is 1.11 bits per heavy atom. The Kier molecular flexibility index (Phi) is 7.58. The highest BCUT2D eigenvalue weighted by molar-refractivity contribution is 9.11. The molecule has 0 fully saturated rings. The number of carbonyl (C=O) groups is 1. The van der Waals surface area contributed by atoms with Crippen LogP contribution in [0.1, 0.15) is 64.4 Å². The van der Waals surface area contributed by atoms with Crippen LogP contribution in [0.2, 0.25) is 0 Å². The summed E-state index contributed by atoms with van der Waals surface area (Å²) >= 11 is 14.3. The van der Waals surface area contributed by atoms with E-state index >= 15 is 0 Å². The number of aromatic nitrogens is 6. The van der Waals surface area contributed by atoms with E-state index in [9.17, 15) is 4.79 Å². The summed E-state index contributed by atoms with van der Waals surface area (Å²) in [6.45, 7) is 5.77. The zero-order valence-corrected chi connectivity index (χ0v) is 31.1. The van der Waals surface area contributed by atoms with E-state index in [4.69, 9.17) is 20.2 Å². The molecule has 46 heavy (non-hydrogen) atoms. The predicted molar refractivity (Wildman–Crippen MR) is 192 cm³/mol. The monoisotopic (exact) mass is 866 g/mol. The molecule has 0 saturated carbocycles. The predicted octanol–water partition coefficient (Wildman–Crippen LogP) is 8.30. The SMILES string of the molecule is CC1c2ccc(Br)cc2CCN1c1c(C(=O)c2nn3cc(Br)cnc3c2N2CCc3cc(Br)ccc3C2C)nn2cc(Br)cnc12. The Bertz CT molecular complexity index is 2060. The molecule has 2 atom stereocenters. The van der Waals surface area contributed by atoms with Crippen LogP contribution in [0.3, 0.4) is 0 Å². The van der Waals surface area contributed by atoms with Crippen LogP contribution >= 0.6 is 63.7 Å². The molecule has 8 rings (SSSR count). The summed E-state index contributed by atoms with van der Waals surface area (Å²) in [5, 5.41) is 9.78. The van der Waals surface area contributed by atoms with Gasteiger partial charge in [-0.2, -0.15) is 10.2 Å². The second-order valence-electron chi connectivity index (χ2n) is 11.7. The maximum Gasteiger partial charge on any atom is 0.237 e. The molecule has 2 aliphatic heterocycles. The third-order valence-corrected chi connectivity index (χ3v) is 10.9. The van der Waals surface area contributed by atoms with Gasteiger partial charge in [-0.05, 0) is 105 Å². The van der Waals surface area contributed by atoms with Gasteiger partial charge in [-0.25, -0.2) is 19.0 Å². The summed E-state index contributed by atoms with van der Waals surface area (Å²) in [5.41, 5.74) is 8.32. The zero-order chi connectivity index (χ0) is 31.9. The van der Waals surface area contributed by atoms with Crippen molar-refractivity contribution in [2.45, 2.75) is 38.8 Å². The fourth-order valence-corrected chi connectivity index (χ4v) is 8.37. The van der Waals surface area contributed by atoms with Gasteiger partial charge in [0, 0.05) is 46.8 Å². The Balaban J connectivity index is 1.30. The fourth-order valence-electron chi connectivity index (χ4n) is 6.96. The van der Waals surface area contributed by atoms with E-state index in [1.807, 2.05) is 12.4 Å². The average Bonchev–Trinajstić information content (AvgIpc) is 3.59. The Labute approximate surface area is 298 Å². The summed E-state index contributed by atoms with van der Waals surface area (Å²) in [5.74, 6) is -0.268. The molecule has 2 unspecified atom stereocenters. The van der Waals surface area contributed by atoms with Gasteiger partial charge in [0.2, 0.25) is 5.78 Å². The lowest BCUT2D eigenvalue weighted by Gasteiger charge is -2.37. The van der Waals surface area contributed by atoms with Crippen LogP contribution < -0.4 is 9.80 Å². The summed E-state index contributed by atoms with van der Waals surface area (Å²) in [4.78, 5) is 29.0. The number of hydrogen-bond donors (Lipinski definition) is 0. The minimum Gasteiger partial charge on any atom is -0.359 e. The minimum absolute atomic E-state index is 0.00190. The van der Waals surface area contributed by atoms with E-state index in [2.05, 4.69) is 124 Å². The van der Waals surface area contributed by atoms with Crippen LogP contribution in [0.4, 0.5) is 11.4 Å². The zero-order valence-electron chi connectivity index (χ0n) is 24.8. The van der Waals surface area contributed by atoms with Crippen LogP contribution in [0.25, 0.3) is 11.3 Å². The highest BCUT2D eigenvalue weighted by atomic mass is 79.9. The first-order chi connectivity index (χ1) is 22.2. The number of hydrogen-bond acceptors (Lipinski definition) is 7. The fraction of sp³-hybridized carbons (Fsp3) is 0.242. The lowest BCUT2D eigenvalue weighted by atomic mass is 9.92. The molecule has 2 aromatic carbocycles. The van der Waals surface area contributed by atoms with Gasteiger partial charge in [0.05, 0.1) is 21.0 Å². The van der Waals surface area contributed by atoms with Crippen molar-refractivity contribution in [2.24, 2.45) is 0 Å². The number of rotatable bonds is 4. The summed E-state index contributed by atoms with van der Waals surface area (Å²) in [7, 11) is 0. The summed E-state index contributed by atoms with van der Waals surface area (Å²) < 4.78 is 7.05. The average molecular weight is 870 g/mol. The quantitative estimate of drug-likeness (QED) is 0.165. The number of fused-ring (bicyclic) bond motifs is 4. The first-order valence-corrected chi connectivity index (χ1v) is 18.1. The van der Waals surface area contributed by atoms with Gasteiger partial charge in [-0.15, -0.1) is 0 Å². The molecule has 0 aliphatic carbocycles. The molecule has 0 N–H and O–H groups in total. The highest BCUT2D eigenvalue weighted by Crippen LogP contribution is 2.42. The van der Waals surface area contributed by atoms with Crippen molar-refractivity contribution in [2.75, 3.05) is 22.9 Å². The van der Waals surface area contributed by atoms with Crippen molar-refractivity contribution in [1.29, 1.82) is 0 Å². The van der Waals surface area contributed by atoms with Crippen LogP contribution in [0, 0.1) is 0 Å². The third kappa shape index (κ3) is 4.92. The number of anilines is 2. The van der Waals surface area contributed by atoms with E-state index in [0.29, 0.717) is 47.1 Å². The van der Waals surface area contributed by atoms with Crippen LogP contribution in [-0.4, -0.2) is 48.1 Å². The highest BCUT2D eigenvalue weighted by Gasteiger charge is 2.37. The van der Waals surface area contributed by atoms with Crippen molar-refractivity contribution in [1.82, 2.24) is 29.2 Å². The number of benzene rings is 2. The van der Waals surface area contributed by atoms with E-state index in [1.165, 1.54) is 22.3 Å². The Hall–Kier alpha value is -3.13. The van der Waals surface area contributed by atoms with Gasteiger partial charge in [0.25, 0.3) is 0 Å².